The van der Waals surface area contributed by atoms with Crippen LogP contribution in [0.3, 0.4) is 0 Å². The van der Waals surface area contributed by atoms with Gasteiger partial charge in [-0.05, 0) is 14.1 Å². The molecule has 7 heavy (non-hydrogen) atoms. The van der Waals surface area contributed by atoms with E-state index < -0.39 is 0 Å². The molecule has 0 heterocycles. The van der Waals surface area contributed by atoms with Gasteiger partial charge in [0.2, 0.25) is 0 Å². The Kier molecular flexibility index (Phi) is 4.74. The lowest BCUT2D eigenvalue weighted by atomic mass is 11.3. The summed E-state index contributed by atoms with van der Waals surface area (Å²) >= 11 is 0. The molecule has 0 amide bonds. The average Bonchev–Trinajstić information content (AvgIpc) is 1.61. The first kappa shape index (κ1) is 7.35. The molecule has 2 nitrogen and oxygen atoms in total. The first-order chi connectivity index (χ1) is 3.27. The van der Waals surface area contributed by atoms with Crippen LogP contribution in [0.25, 0.3) is 0 Å². The van der Waals surface area contributed by atoms with E-state index in [0.29, 0.717) is 0 Å². The van der Waals surface area contributed by atoms with Crippen molar-refractivity contribution < 1.29 is 0 Å². The Morgan fingerprint density at radius 1 is 1.43 bits per heavy atom. The molecule has 0 fully saturated rings. The third-order valence-electron chi connectivity index (χ3n) is 0.678. The van der Waals surface area contributed by atoms with Gasteiger partial charge in [-0.15, -0.1) is 0 Å². The van der Waals surface area contributed by atoms with E-state index >= 15 is 0 Å². The Bertz CT molecular complexity index is 39.9. The molecule has 0 radical (unpaired) electrons. The number of hydrogen-bond donors (Lipinski definition) is 1. The normalized spacial score (nSPS) is 13.7. The third kappa shape index (κ3) is 6.35. The van der Waals surface area contributed by atoms with Crippen LogP contribution in [0.4, 0.5) is 0 Å². The zero-order valence-corrected chi connectivity index (χ0v) is 8.19. The summed E-state index contributed by atoms with van der Waals surface area (Å²) < 4.78 is 5.73. The summed E-state index contributed by atoms with van der Waals surface area (Å²) in [7, 11) is 4.39. The maximum Gasteiger partial charge on any atom is 0.162 e. The molecule has 0 aromatic carbocycles. The third-order valence-corrected chi connectivity index (χ3v) is 4.20. The number of hydrogen-bond acceptors (Lipinski definition) is 2. The van der Waals surface area contributed by atoms with Crippen molar-refractivity contribution >= 4 is 19.5 Å². The lowest BCUT2D eigenvalue weighted by molar-refractivity contribution is 0.655. The van der Waals surface area contributed by atoms with Crippen molar-refractivity contribution in [1.29, 1.82) is 0 Å². The fourth-order valence-electron chi connectivity index (χ4n) is 0.335. The van der Waals surface area contributed by atoms with Crippen LogP contribution in [0.15, 0.2) is 0 Å². The number of rotatable bonds is 3. The van der Waals surface area contributed by atoms with Gasteiger partial charge in [0, 0.05) is 0 Å². The van der Waals surface area contributed by atoms with Crippen molar-refractivity contribution in [3.8, 4) is 0 Å². The van der Waals surface area contributed by atoms with Gasteiger partial charge < -0.3 is 9.21 Å². The van der Waals surface area contributed by atoms with Gasteiger partial charge in [0.25, 0.3) is 0 Å². The van der Waals surface area contributed by atoms with Crippen LogP contribution in [0.2, 0.25) is 6.55 Å². The van der Waals surface area contributed by atoms with Gasteiger partial charge in [-0.1, -0.05) is 6.55 Å². The molecule has 0 saturated heterocycles. The van der Waals surface area contributed by atoms with Gasteiger partial charge in [0.1, 0.15) is 0 Å². The molecule has 0 spiro atoms. The highest BCUT2D eigenvalue weighted by Crippen LogP contribution is 1.58. The Morgan fingerprint density at radius 3 is 2.14 bits per heavy atom. The second-order valence-corrected chi connectivity index (χ2v) is 6.13. The molecule has 44 valence electrons. The monoisotopic (exact) mass is 134 g/mol. The van der Waals surface area contributed by atoms with Gasteiger partial charge in [-0.3, -0.25) is 0 Å². The van der Waals surface area contributed by atoms with Crippen LogP contribution in [0.5, 0.6) is 0 Å². The van der Waals surface area contributed by atoms with Crippen molar-refractivity contribution in [3.05, 3.63) is 0 Å². The van der Waals surface area contributed by atoms with Crippen molar-refractivity contribution in [2.45, 2.75) is 6.55 Å². The summed E-state index contributed by atoms with van der Waals surface area (Å²) in [5.41, 5.74) is 0. The molecule has 0 aliphatic heterocycles. The van der Waals surface area contributed by atoms with Crippen LogP contribution >= 0.6 is 0 Å². The maximum absolute atomic E-state index is 3.45. The molecule has 1 N–H and O–H groups in total. The Morgan fingerprint density at radius 2 is 2.00 bits per heavy atom. The van der Waals surface area contributed by atoms with E-state index in [1.165, 1.54) is 0 Å². The zero-order valence-electron chi connectivity index (χ0n) is 5.36. The van der Waals surface area contributed by atoms with E-state index in [0.717, 1.165) is 0 Å². The average molecular weight is 134 g/mol. The quantitative estimate of drug-likeness (QED) is 0.462. The first-order valence-corrected chi connectivity index (χ1v) is 6.09. The van der Waals surface area contributed by atoms with Gasteiger partial charge >= 0.3 is 0 Å². The van der Waals surface area contributed by atoms with Crippen molar-refractivity contribution in [2.75, 3.05) is 14.1 Å². The standard InChI is InChI=1S/C3H14N2Si2/c1-5(2)7-4-6-3/h4H,6-7H2,1-3H3. The van der Waals surface area contributed by atoms with Crippen molar-refractivity contribution in [3.63, 3.8) is 0 Å². The van der Waals surface area contributed by atoms with E-state index in [1.807, 2.05) is 0 Å². The predicted molar refractivity (Wildman–Crippen MR) is 39.8 cm³/mol. The first-order valence-electron chi connectivity index (χ1n) is 2.62. The lowest BCUT2D eigenvalue weighted by Crippen LogP contribution is -2.33. The fraction of sp³-hybridized carbons (Fsp3) is 1.00. The van der Waals surface area contributed by atoms with Crippen LogP contribution in [0, 0.1) is 0 Å². The molecule has 0 saturated carbocycles. The maximum atomic E-state index is 3.45. The zero-order chi connectivity index (χ0) is 5.70. The van der Waals surface area contributed by atoms with E-state index in [2.05, 4.69) is 29.9 Å². The number of nitrogens with zero attached hydrogens (tertiary/aromatic N) is 1. The largest absolute Gasteiger partial charge is 0.357 e. The second kappa shape index (κ2) is 4.51. The van der Waals surface area contributed by atoms with Gasteiger partial charge in [0.05, 0.1) is 9.68 Å². The van der Waals surface area contributed by atoms with Gasteiger partial charge in [-0.2, -0.15) is 0 Å². The minimum absolute atomic E-state index is 0.00887. The minimum atomic E-state index is -0.00887. The van der Waals surface area contributed by atoms with Gasteiger partial charge in [-0.25, -0.2) is 0 Å². The van der Waals surface area contributed by atoms with Crippen LogP contribution < -0.4 is 4.65 Å². The van der Waals surface area contributed by atoms with E-state index in [1.54, 1.807) is 0 Å². The molecular weight excluding hydrogens is 120 g/mol. The molecule has 0 aliphatic rings. The summed E-state index contributed by atoms with van der Waals surface area (Å²) in [5.74, 6) is 0. The molecule has 0 aromatic heterocycles. The molecular formula is C3H14N2Si2. The van der Waals surface area contributed by atoms with Crippen LogP contribution in [-0.2, 0) is 0 Å². The molecule has 0 aliphatic carbocycles. The van der Waals surface area contributed by atoms with Crippen LogP contribution in [-0.4, -0.2) is 38.2 Å². The summed E-state index contributed by atoms with van der Waals surface area (Å²) in [5, 5.41) is 0. The van der Waals surface area contributed by atoms with E-state index in [9.17, 15) is 0 Å². The van der Waals surface area contributed by atoms with E-state index in [-0.39, 0.29) is 19.5 Å². The van der Waals surface area contributed by atoms with Crippen molar-refractivity contribution in [2.24, 2.45) is 0 Å². The molecule has 4 heteroatoms. The highest BCUT2D eigenvalue weighted by atomic mass is 28.3. The molecule has 0 bridgehead atoms. The minimum Gasteiger partial charge on any atom is -0.357 e. The fourth-order valence-corrected chi connectivity index (χ4v) is 3.02. The Hall–Kier alpha value is 0.354. The highest BCUT2D eigenvalue weighted by Gasteiger charge is 1.83. The smallest absolute Gasteiger partial charge is 0.162 e. The SMILES string of the molecule is C[SiH2]N[SiH2]N(C)C. The van der Waals surface area contributed by atoms with Crippen LogP contribution in [0.1, 0.15) is 0 Å². The van der Waals surface area contributed by atoms with Gasteiger partial charge in [0.15, 0.2) is 9.84 Å². The lowest BCUT2D eigenvalue weighted by Gasteiger charge is -2.06. The Balaban J connectivity index is 2.68. The summed E-state index contributed by atoms with van der Waals surface area (Å²) in [4.78, 5) is 0. The molecule has 0 unspecified atom stereocenters. The van der Waals surface area contributed by atoms with E-state index in [4.69, 9.17) is 0 Å². The summed E-state index contributed by atoms with van der Waals surface area (Å²) in [6, 6.07) is 0. The molecule has 0 aromatic rings. The summed E-state index contributed by atoms with van der Waals surface area (Å²) in [6.07, 6.45) is 0. The summed E-state index contributed by atoms with van der Waals surface area (Å²) in [6.45, 7) is 2.27. The second-order valence-electron chi connectivity index (χ2n) is 1.84. The predicted octanol–water partition coefficient (Wildman–Crippen LogP) is -1.73. The highest BCUT2D eigenvalue weighted by molar-refractivity contribution is 6.48. The molecule has 0 rings (SSSR count). The Labute approximate surface area is 50.2 Å². The number of nitrogens with one attached hydrogen (secondary N) is 1. The molecule has 0 atom stereocenters. The van der Waals surface area contributed by atoms with Crippen molar-refractivity contribution in [1.82, 2.24) is 9.21 Å². The topological polar surface area (TPSA) is 15.3 Å².